The van der Waals surface area contributed by atoms with E-state index in [-0.39, 0.29) is 5.69 Å². The van der Waals surface area contributed by atoms with Crippen molar-refractivity contribution in [2.24, 2.45) is 0 Å². The molecule has 0 aliphatic carbocycles. The lowest BCUT2D eigenvalue weighted by Crippen LogP contribution is -2.42. The Morgan fingerprint density at radius 2 is 2.00 bits per heavy atom. The van der Waals surface area contributed by atoms with Gasteiger partial charge >= 0.3 is 11.9 Å². The van der Waals surface area contributed by atoms with Gasteiger partial charge < -0.3 is 15.5 Å². The molecule has 20 heavy (non-hydrogen) atoms. The first kappa shape index (κ1) is 15.7. The normalized spacial score (nSPS) is 11.9. The van der Waals surface area contributed by atoms with Gasteiger partial charge in [-0.1, -0.05) is 6.92 Å². The van der Waals surface area contributed by atoms with Crippen LogP contribution in [-0.2, 0) is 22.6 Å². The van der Waals surface area contributed by atoms with Crippen LogP contribution < -0.4 is 5.32 Å². The number of nitrogens with one attached hydrogen (secondary N) is 1. The lowest BCUT2D eigenvalue weighted by atomic mass is 10.2. The molecule has 1 heterocycles. The van der Waals surface area contributed by atoms with Crippen LogP contribution in [0.4, 0.5) is 0 Å². The highest BCUT2D eigenvalue weighted by Gasteiger charge is 2.25. The summed E-state index contributed by atoms with van der Waals surface area (Å²) < 4.78 is 1.45. The summed E-state index contributed by atoms with van der Waals surface area (Å²) in [4.78, 5) is 33.5. The molecule has 0 aromatic carbocycles. The van der Waals surface area contributed by atoms with E-state index >= 15 is 0 Å². The van der Waals surface area contributed by atoms with Crippen molar-refractivity contribution in [2.45, 2.75) is 39.3 Å². The van der Waals surface area contributed by atoms with Crippen LogP contribution in [-0.4, -0.2) is 43.9 Å². The third kappa shape index (κ3) is 3.81. The fourth-order valence-corrected chi connectivity index (χ4v) is 1.67. The Kier molecular flexibility index (Phi) is 5.24. The summed E-state index contributed by atoms with van der Waals surface area (Å²) in [6, 6.07) is 0.101. The molecule has 0 fully saturated rings. The highest BCUT2D eigenvalue weighted by atomic mass is 16.4. The van der Waals surface area contributed by atoms with Gasteiger partial charge in [-0.2, -0.15) is 5.10 Å². The van der Waals surface area contributed by atoms with Crippen molar-refractivity contribution in [3.05, 3.63) is 17.5 Å². The van der Waals surface area contributed by atoms with Gasteiger partial charge in [0.15, 0.2) is 0 Å². The van der Waals surface area contributed by atoms with E-state index in [0.29, 0.717) is 18.7 Å². The van der Waals surface area contributed by atoms with Crippen LogP contribution in [0, 0.1) is 0 Å². The van der Waals surface area contributed by atoms with Crippen LogP contribution >= 0.6 is 0 Å². The summed E-state index contributed by atoms with van der Waals surface area (Å²) in [5.74, 6) is -3.33. The molecule has 0 aliphatic heterocycles. The zero-order valence-corrected chi connectivity index (χ0v) is 11.3. The van der Waals surface area contributed by atoms with Crippen molar-refractivity contribution in [1.82, 2.24) is 15.1 Å². The van der Waals surface area contributed by atoms with Gasteiger partial charge in [-0.15, -0.1) is 0 Å². The number of amides is 1. The number of carboxylic acids is 2. The van der Waals surface area contributed by atoms with Crippen LogP contribution in [0.5, 0.6) is 0 Å². The maximum atomic E-state index is 12.0. The van der Waals surface area contributed by atoms with E-state index in [9.17, 15) is 14.4 Å². The summed E-state index contributed by atoms with van der Waals surface area (Å²) in [7, 11) is 0. The van der Waals surface area contributed by atoms with Gasteiger partial charge in [0.25, 0.3) is 5.91 Å². The lowest BCUT2D eigenvalue weighted by molar-refractivity contribution is -0.145. The third-order valence-corrected chi connectivity index (χ3v) is 2.71. The van der Waals surface area contributed by atoms with Gasteiger partial charge in [0, 0.05) is 6.54 Å². The predicted octanol–water partition coefficient (Wildman–Crippen LogP) is 0.123. The average molecular weight is 283 g/mol. The minimum Gasteiger partial charge on any atom is -0.481 e. The smallest absolute Gasteiger partial charge is 0.326 e. The summed E-state index contributed by atoms with van der Waals surface area (Å²) >= 11 is 0. The quantitative estimate of drug-likeness (QED) is 0.653. The molecule has 1 aromatic heterocycles. The number of carbonyl (C=O) groups excluding carboxylic acids is 1. The van der Waals surface area contributed by atoms with E-state index < -0.39 is 30.3 Å². The van der Waals surface area contributed by atoms with Crippen molar-refractivity contribution < 1.29 is 24.6 Å². The number of aromatic nitrogens is 2. The zero-order chi connectivity index (χ0) is 15.3. The molecule has 1 unspecified atom stereocenters. The van der Waals surface area contributed by atoms with Crippen LogP contribution in [0.15, 0.2) is 6.07 Å². The summed E-state index contributed by atoms with van der Waals surface area (Å²) in [6.45, 7) is 4.14. The highest BCUT2D eigenvalue weighted by molar-refractivity contribution is 5.96. The Bertz CT molecular complexity index is 523. The minimum absolute atomic E-state index is 0.223. The number of aliphatic carboxylic acids is 2. The lowest BCUT2D eigenvalue weighted by Gasteiger charge is -2.12. The maximum absolute atomic E-state index is 12.0. The molecule has 0 aliphatic rings. The Labute approximate surface area is 115 Å². The Balaban J connectivity index is 2.90. The fraction of sp³-hybridized carbons (Fsp3) is 0.500. The van der Waals surface area contributed by atoms with Gasteiger partial charge in [-0.25, -0.2) is 4.79 Å². The number of nitrogens with zero attached hydrogens (tertiary/aromatic N) is 2. The monoisotopic (exact) mass is 283 g/mol. The van der Waals surface area contributed by atoms with Crippen molar-refractivity contribution in [3.63, 3.8) is 0 Å². The fourth-order valence-electron chi connectivity index (χ4n) is 1.67. The van der Waals surface area contributed by atoms with Crippen LogP contribution in [0.25, 0.3) is 0 Å². The minimum atomic E-state index is -1.47. The summed E-state index contributed by atoms with van der Waals surface area (Å²) in [6.07, 6.45) is -0.0350. The largest absolute Gasteiger partial charge is 0.481 e. The second-order valence-electron chi connectivity index (χ2n) is 4.15. The number of carbonyl (C=O) groups is 3. The molecule has 0 bridgehead atoms. The van der Waals surface area contributed by atoms with Gasteiger partial charge in [0.05, 0.1) is 12.1 Å². The van der Waals surface area contributed by atoms with Gasteiger partial charge in [0.1, 0.15) is 11.7 Å². The molecule has 0 spiro atoms. The number of rotatable bonds is 7. The molecule has 3 N–H and O–H groups in total. The van der Waals surface area contributed by atoms with Gasteiger partial charge in [-0.3, -0.25) is 14.3 Å². The maximum Gasteiger partial charge on any atom is 0.326 e. The number of hydrogen-bond donors (Lipinski definition) is 3. The second-order valence-corrected chi connectivity index (χ2v) is 4.15. The molecule has 1 rings (SSSR count). The Morgan fingerprint density at radius 3 is 2.45 bits per heavy atom. The third-order valence-electron chi connectivity index (χ3n) is 2.71. The first-order valence-corrected chi connectivity index (χ1v) is 6.21. The predicted molar refractivity (Wildman–Crippen MR) is 68.4 cm³/mol. The molecule has 0 saturated carbocycles. The highest BCUT2D eigenvalue weighted by Crippen LogP contribution is 2.06. The van der Waals surface area contributed by atoms with Crippen molar-refractivity contribution >= 4 is 17.8 Å². The number of aryl methyl sites for hydroxylation is 2. The van der Waals surface area contributed by atoms with Crippen molar-refractivity contribution in [1.29, 1.82) is 0 Å². The molecule has 8 nitrogen and oxygen atoms in total. The molecule has 0 radical (unpaired) electrons. The summed E-state index contributed by atoms with van der Waals surface area (Å²) in [5, 5.41) is 23.9. The van der Waals surface area contributed by atoms with E-state index in [1.807, 2.05) is 6.92 Å². The molecule has 110 valence electrons. The van der Waals surface area contributed by atoms with E-state index in [4.69, 9.17) is 10.2 Å². The Morgan fingerprint density at radius 1 is 1.35 bits per heavy atom. The van der Waals surface area contributed by atoms with Crippen molar-refractivity contribution in [3.8, 4) is 0 Å². The molecular formula is C12H17N3O5. The molecule has 1 aromatic rings. The zero-order valence-electron chi connectivity index (χ0n) is 11.3. The van der Waals surface area contributed by atoms with Crippen LogP contribution in [0.3, 0.4) is 0 Å². The number of hydrogen-bond acceptors (Lipinski definition) is 4. The molecule has 1 amide bonds. The SMILES string of the molecule is CCc1cc(C(=O)NC(CC(=O)O)C(=O)O)n(CC)n1. The average Bonchev–Trinajstić information content (AvgIpc) is 2.80. The number of carboxylic acid groups (broad SMARTS) is 2. The molecule has 0 saturated heterocycles. The molecule has 8 heteroatoms. The standard InChI is InChI=1S/C12H17N3O5/c1-3-7-5-9(15(4-2)14-7)11(18)13-8(12(19)20)6-10(16)17/h5,8H,3-4,6H2,1-2H3,(H,13,18)(H,16,17)(H,19,20). The van der Waals surface area contributed by atoms with Crippen molar-refractivity contribution in [2.75, 3.05) is 0 Å². The van der Waals surface area contributed by atoms with E-state index in [2.05, 4.69) is 10.4 Å². The van der Waals surface area contributed by atoms with Crippen LogP contribution in [0.2, 0.25) is 0 Å². The van der Waals surface area contributed by atoms with Gasteiger partial charge in [-0.05, 0) is 19.4 Å². The molecular weight excluding hydrogens is 266 g/mol. The van der Waals surface area contributed by atoms with E-state index in [1.54, 1.807) is 13.0 Å². The summed E-state index contributed by atoms with van der Waals surface area (Å²) in [5.41, 5.74) is 0.933. The van der Waals surface area contributed by atoms with E-state index in [0.717, 1.165) is 0 Å². The Hall–Kier alpha value is -2.38. The van der Waals surface area contributed by atoms with Crippen LogP contribution in [0.1, 0.15) is 36.5 Å². The molecule has 1 atom stereocenters. The van der Waals surface area contributed by atoms with Gasteiger partial charge in [0.2, 0.25) is 0 Å². The van der Waals surface area contributed by atoms with E-state index in [1.165, 1.54) is 4.68 Å². The first-order valence-electron chi connectivity index (χ1n) is 6.21. The topological polar surface area (TPSA) is 122 Å². The first-order chi connectivity index (χ1) is 9.38. The second kappa shape index (κ2) is 6.69.